The zero-order chi connectivity index (χ0) is 24.9. The molecule has 0 bridgehead atoms. The number of rotatable bonds is 1. The summed E-state index contributed by atoms with van der Waals surface area (Å²) in [6.45, 7) is 2.01. The van der Waals surface area contributed by atoms with Crippen molar-refractivity contribution >= 4 is 54.8 Å². The van der Waals surface area contributed by atoms with Gasteiger partial charge in [0, 0.05) is 13.2 Å². The van der Waals surface area contributed by atoms with Crippen molar-refractivity contribution in [3.8, 4) is 0 Å². The number of pyridine rings is 2. The molecule has 0 atom stereocenters. The van der Waals surface area contributed by atoms with E-state index in [-0.39, 0.29) is 20.1 Å². The van der Waals surface area contributed by atoms with Crippen LogP contribution in [0.25, 0.3) is 49.1 Å². The number of fused-ring (bicyclic) bond motifs is 9. The van der Waals surface area contributed by atoms with E-state index in [0.29, 0.717) is 0 Å². The fourth-order valence-electron chi connectivity index (χ4n) is 5.02. The van der Waals surface area contributed by atoms with Crippen LogP contribution in [0.4, 0.5) is 5.69 Å². The maximum atomic E-state index is 4.65. The van der Waals surface area contributed by atoms with Crippen LogP contribution in [0.3, 0.4) is 0 Å². The van der Waals surface area contributed by atoms with E-state index in [1.165, 1.54) is 16.2 Å². The minimum atomic E-state index is 0. The molecule has 8 rings (SSSR count). The third-order valence-electron chi connectivity index (χ3n) is 6.79. The standard InChI is InChI=1S/C21H13N4.C10H10N2.Ir/c1-24-12-23-18-9-17-16(10-19(18)24)15-7-4-8-22-21(15)25-11-13-5-2-3-6-14(13)20(17)25;1-11-7-8-12(9-11)10-5-3-2-4-6-10;/h2-10,12H,1H3;2-5,7-9H,1H3;/q-1;-2;+3. The van der Waals surface area contributed by atoms with Gasteiger partial charge in [-0.15, -0.1) is 17.1 Å². The van der Waals surface area contributed by atoms with Crippen LogP contribution in [0.2, 0.25) is 0 Å². The fraction of sp³-hybridized carbons (Fsp3) is 0.0645. The maximum Gasteiger partial charge on any atom is 3.00 e. The summed E-state index contributed by atoms with van der Waals surface area (Å²) in [4.78, 5) is 13.2. The summed E-state index contributed by atoms with van der Waals surface area (Å²) in [5.74, 6) is 0. The molecule has 7 aromatic rings. The molecule has 0 fully saturated rings. The molecule has 0 saturated carbocycles. The van der Waals surface area contributed by atoms with Crippen molar-refractivity contribution in [3.63, 3.8) is 0 Å². The quantitative estimate of drug-likeness (QED) is 0.152. The van der Waals surface area contributed by atoms with Gasteiger partial charge in [0.2, 0.25) is 0 Å². The Kier molecular flexibility index (Phi) is 6.10. The first-order valence-corrected chi connectivity index (χ1v) is 12.1. The SMILES string of the molecule is CN1C=CN(c2[c-]cccc2)[CH-]1.Cn1cnc2cc3c(cc21)c1cccnc1n1[c-]c2ccccc2c31.[Ir+3]. The molecule has 38 heavy (non-hydrogen) atoms. The Bertz CT molecular complexity index is 1950. The van der Waals surface area contributed by atoms with E-state index in [4.69, 9.17) is 0 Å². The molecule has 7 heteroatoms. The number of aromatic nitrogens is 4. The number of aryl methyl sites for hydroxylation is 1. The molecule has 6 nitrogen and oxygen atoms in total. The number of hydrogen-bond donors (Lipinski definition) is 0. The molecule has 3 aromatic carbocycles. The number of benzene rings is 3. The smallest absolute Gasteiger partial charge is 0.510 e. The van der Waals surface area contributed by atoms with Crippen molar-refractivity contribution in [2.24, 2.45) is 7.05 Å². The van der Waals surface area contributed by atoms with Crippen LogP contribution in [-0.4, -0.2) is 30.9 Å². The first-order valence-electron chi connectivity index (χ1n) is 12.1. The summed E-state index contributed by atoms with van der Waals surface area (Å²) in [7, 11) is 4.03. The summed E-state index contributed by atoms with van der Waals surface area (Å²) in [5.41, 5.74) is 5.28. The molecule has 1 aliphatic heterocycles. The van der Waals surface area contributed by atoms with Crippen molar-refractivity contribution in [1.82, 2.24) is 23.8 Å². The van der Waals surface area contributed by atoms with E-state index >= 15 is 0 Å². The Morgan fingerprint density at radius 1 is 0.816 bits per heavy atom. The summed E-state index contributed by atoms with van der Waals surface area (Å²) in [6.07, 6.45) is 11.2. The zero-order valence-corrected chi connectivity index (χ0v) is 23.2. The normalized spacial score (nSPS) is 13.0. The minimum absolute atomic E-state index is 0. The maximum absolute atomic E-state index is 4.65. The third-order valence-corrected chi connectivity index (χ3v) is 6.79. The van der Waals surface area contributed by atoms with E-state index in [0.717, 1.165) is 38.7 Å². The van der Waals surface area contributed by atoms with Crippen LogP contribution >= 0.6 is 0 Å². The summed E-state index contributed by atoms with van der Waals surface area (Å²) in [5, 5.41) is 5.80. The molecule has 0 aliphatic carbocycles. The number of imidazole rings is 1. The monoisotopic (exact) mass is 672 g/mol. The molecule has 0 N–H and O–H groups in total. The topological polar surface area (TPSA) is 41.6 Å². The van der Waals surface area contributed by atoms with Gasteiger partial charge in [0.05, 0.1) is 23.0 Å². The van der Waals surface area contributed by atoms with Crippen molar-refractivity contribution < 1.29 is 20.1 Å². The minimum Gasteiger partial charge on any atom is -0.510 e. The Hall–Kier alpha value is -4.19. The van der Waals surface area contributed by atoms with Crippen LogP contribution < -0.4 is 4.90 Å². The van der Waals surface area contributed by atoms with Crippen molar-refractivity contribution in [3.05, 3.63) is 117 Å². The van der Waals surface area contributed by atoms with E-state index in [1.54, 1.807) is 0 Å². The molecule has 0 spiro atoms. The van der Waals surface area contributed by atoms with Gasteiger partial charge < -0.3 is 18.8 Å². The molecule has 0 unspecified atom stereocenters. The molecule has 0 saturated heterocycles. The molecule has 0 radical (unpaired) electrons. The van der Waals surface area contributed by atoms with E-state index < -0.39 is 0 Å². The largest absolute Gasteiger partial charge is 3.00 e. The van der Waals surface area contributed by atoms with Crippen molar-refractivity contribution in [1.29, 1.82) is 0 Å². The number of anilines is 1. The Labute approximate surface area is 233 Å². The van der Waals surface area contributed by atoms with Gasteiger partial charge in [0.1, 0.15) is 0 Å². The Morgan fingerprint density at radius 3 is 2.47 bits per heavy atom. The summed E-state index contributed by atoms with van der Waals surface area (Å²) in [6, 6.07) is 28.0. The molecule has 0 amide bonds. The molecule has 1 aliphatic rings. The number of para-hydroxylation sites is 1. The van der Waals surface area contributed by atoms with Crippen molar-refractivity contribution in [2.75, 3.05) is 11.9 Å². The van der Waals surface area contributed by atoms with Crippen LogP contribution in [0.15, 0.2) is 97.7 Å². The Balaban J connectivity index is 0.000000172. The van der Waals surface area contributed by atoms with Gasteiger partial charge in [-0.3, -0.25) is 4.98 Å². The van der Waals surface area contributed by atoms with E-state index in [1.807, 2.05) is 91.9 Å². The zero-order valence-electron chi connectivity index (χ0n) is 20.8. The van der Waals surface area contributed by atoms with Crippen LogP contribution in [-0.2, 0) is 27.2 Å². The molecule has 4 aromatic heterocycles. The van der Waals surface area contributed by atoms with Gasteiger partial charge in [0.15, 0.2) is 0 Å². The second-order valence-corrected chi connectivity index (χ2v) is 9.19. The van der Waals surface area contributed by atoms with Gasteiger partial charge in [0.25, 0.3) is 0 Å². The average Bonchev–Trinajstić information content (AvgIpc) is 3.66. The fourth-order valence-corrected chi connectivity index (χ4v) is 5.02. The van der Waals surface area contributed by atoms with Crippen LogP contribution in [0, 0.1) is 18.9 Å². The predicted octanol–water partition coefficient (Wildman–Crippen LogP) is 6.31. The average molecular weight is 672 g/mol. The van der Waals surface area contributed by atoms with Crippen LogP contribution in [0.5, 0.6) is 0 Å². The second-order valence-electron chi connectivity index (χ2n) is 9.19. The van der Waals surface area contributed by atoms with Gasteiger partial charge in [-0.1, -0.05) is 29.7 Å². The predicted molar refractivity (Wildman–Crippen MR) is 150 cm³/mol. The van der Waals surface area contributed by atoms with E-state index in [9.17, 15) is 0 Å². The van der Waals surface area contributed by atoms with Gasteiger partial charge in [-0.2, -0.15) is 37.0 Å². The van der Waals surface area contributed by atoms with Gasteiger partial charge in [-0.05, 0) is 65.5 Å². The third kappa shape index (κ3) is 3.92. The summed E-state index contributed by atoms with van der Waals surface area (Å²) >= 11 is 0. The first-order chi connectivity index (χ1) is 18.2. The van der Waals surface area contributed by atoms with Gasteiger partial charge in [-0.25, -0.2) is 4.98 Å². The second kappa shape index (κ2) is 9.60. The number of hydrogen-bond acceptors (Lipinski definition) is 4. The molecular formula is C31H23IrN6. The number of nitrogens with zero attached hydrogens (tertiary/aromatic N) is 6. The summed E-state index contributed by atoms with van der Waals surface area (Å²) < 4.78 is 4.15. The van der Waals surface area contributed by atoms with Gasteiger partial charge >= 0.3 is 20.1 Å². The molecule has 5 heterocycles. The molecular weight excluding hydrogens is 649 g/mol. The first kappa shape index (κ1) is 24.2. The van der Waals surface area contributed by atoms with Crippen LogP contribution in [0.1, 0.15) is 0 Å². The van der Waals surface area contributed by atoms with Crippen molar-refractivity contribution in [2.45, 2.75) is 0 Å². The van der Waals surface area contributed by atoms with E-state index in [2.05, 4.69) is 67.6 Å². The molecule has 186 valence electrons. The Morgan fingerprint density at radius 2 is 1.66 bits per heavy atom.